The summed E-state index contributed by atoms with van der Waals surface area (Å²) in [7, 11) is 0. The van der Waals surface area contributed by atoms with Crippen LogP contribution in [0.4, 0.5) is 0 Å². The standard InChI is InChI=1S/C11H15O2/c12-9-5-2-6-10-13-11-7-3-1-4-8-11/h1,3,7-8,12H,2,5-6,9-10H2. The molecule has 0 aliphatic rings. The van der Waals surface area contributed by atoms with Gasteiger partial charge in [0, 0.05) is 6.61 Å². The Morgan fingerprint density at radius 3 is 2.92 bits per heavy atom. The van der Waals surface area contributed by atoms with Gasteiger partial charge in [-0.3, -0.25) is 0 Å². The summed E-state index contributed by atoms with van der Waals surface area (Å²) < 4.78 is 5.44. The summed E-state index contributed by atoms with van der Waals surface area (Å²) in [6.45, 7) is 0.997. The second kappa shape index (κ2) is 6.49. The van der Waals surface area contributed by atoms with Crippen molar-refractivity contribution in [3.05, 3.63) is 30.3 Å². The first-order valence-corrected chi connectivity index (χ1v) is 4.63. The van der Waals surface area contributed by atoms with Crippen molar-refractivity contribution in [2.24, 2.45) is 0 Å². The van der Waals surface area contributed by atoms with Crippen LogP contribution in [0, 0.1) is 6.07 Å². The van der Waals surface area contributed by atoms with Crippen molar-refractivity contribution in [3.63, 3.8) is 0 Å². The Kier molecular flexibility index (Phi) is 5.02. The van der Waals surface area contributed by atoms with E-state index in [1.54, 1.807) is 0 Å². The Hall–Kier alpha value is -1.02. The summed E-state index contributed by atoms with van der Waals surface area (Å²) in [5, 5.41) is 8.54. The fourth-order valence-electron chi connectivity index (χ4n) is 1.05. The van der Waals surface area contributed by atoms with Crippen LogP contribution in [0.15, 0.2) is 24.3 Å². The van der Waals surface area contributed by atoms with Crippen LogP contribution in [0.3, 0.4) is 0 Å². The lowest BCUT2D eigenvalue weighted by atomic mass is 10.2. The zero-order chi connectivity index (χ0) is 9.36. The molecule has 0 spiro atoms. The quantitative estimate of drug-likeness (QED) is 0.677. The van der Waals surface area contributed by atoms with Crippen molar-refractivity contribution < 1.29 is 9.84 Å². The van der Waals surface area contributed by atoms with Gasteiger partial charge < -0.3 is 9.84 Å². The minimum atomic E-state index is 0.277. The van der Waals surface area contributed by atoms with Gasteiger partial charge in [0.25, 0.3) is 0 Å². The van der Waals surface area contributed by atoms with E-state index in [1.807, 2.05) is 24.3 Å². The first kappa shape index (κ1) is 10.1. The number of rotatable bonds is 6. The van der Waals surface area contributed by atoms with Crippen molar-refractivity contribution in [2.75, 3.05) is 13.2 Å². The lowest BCUT2D eigenvalue weighted by Gasteiger charge is -2.04. The molecule has 71 valence electrons. The van der Waals surface area contributed by atoms with Gasteiger partial charge in [-0.1, -0.05) is 12.1 Å². The van der Waals surface area contributed by atoms with Crippen LogP contribution in [-0.2, 0) is 0 Å². The normalized spacial score (nSPS) is 9.92. The Morgan fingerprint density at radius 1 is 1.31 bits per heavy atom. The van der Waals surface area contributed by atoms with Crippen molar-refractivity contribution in [1.29, 1.82) is 0 Å². The molecule has 0 amide bonds. The second-order valence-electron chi connectivity index (χ2n) is 2.87. The minimum Gasteiger partial charge on any atom is -0.494 e. The van der Waals surface area contributed by atoms with Crippen LogP contribution in [0.2, 0.25) is 0 Å². The number of hydrogen-bond acceptors (Lipinski definition) is 2. The van der Waals surface area contributed by atoms with Gasteiger partial charge in [0.2, 0.25) is 0 Å². The van der Waals surface area contributed by atoms with E-state index in [0.717, 1.165) is 31.6 Å². The lowest BCUT2D eigenvalue weighted by molar-refractivity contribution is 0.266. The van der Waals surface area contributed by atoms with Crippen LogP contribution in [-0.4, -0.2) is 18.3 Å². The maximum atomic E-state index is 8.54. The molecule has 0 unspecified atom stereocenters. The highest BCUT2D eigenvalue weighted by Crippen LogP contribution is 2.08. The first-order valence-electron chi connectivity index (χ1n) is 4.63. The molecule has 0 bridgehead atoms. The summed E-state index contributed by atoms with van der Waals surface area (Å²) in [5.74, 6) is 0.867. The fraction of sp³-hybridized carbons (Fsp3) is 0.455. The molecule has 0 aromatic heterocycles. The van der Waals surface area contributed by atoms with E-state index in [2.05, 4.69) is 6.07 Å². The molecule has 1 aromatic rings. The molecule has 0 saturated carbocycles. The van der Waals surface area contributed by atoms with E-state index >= 15 is 0 Å². The summed E-state index contributed by atoms with van der Waals surface area (Å²) >= 11 is 0. The highest BCUT2D eigenvalue weighted by atomic mass is 16.5. The van der Waals surface area contributed by atoms with E-state index < -0.39 is 0 Å². The number of benzene rings is 1. The minimum absolute atomic E-state index is 0.277. The largest absolute Gasteiger partial charge is 0.494 e. The Morgan fingerprint density at radius 2 is 2.23 bits per heavy atom. The zero-order valence-corrected chi connectivity index (χ0v) is 7.70. The van der Waals surface area contributed by atoms with E-state index in [1.165, 1.54) is 0 Å². The number of aliphatic hydroxyl groups is 1. The van der Waals surface area contributed by atoms with Crippen LogP contribution in [0.1, 0.15) is 19.3 Å². The predicted molar refractivity (Wildman–Crippen MR) is 51.7 cm³/mol. The van der Waals surface area contributed by atoms with Crippen LogP contribution < -0.4 is 4.74 Å². The third kappa shape index (κ3) is 4.53. The molecular weight excluding hydrogens is 164 g/mol. The summed E-state index contributed by atoms with van der Waals surface area (Å²) in [6.07, 6.45) is 2.88. The molecule has 0 fully saturated rings. The predicted octanol–water partition coefficient (Wildman–Crippen LogP) is 2.03. The lowest BCUT2D eigenvalue weighted by Crippen LogP contribution is -1.97. The number of hydrogen-bond donors (Lipinski definition) is 1. The smallest absolute Gasteiger partial charge is 0.119 e. The number of unbranched alkanes of at least 4 members (excludes halogenated alkanes) is 2. The maximum absolute atomic E-state index is 8.54. The average molecular weight is 179 g/mol. The van der Waals surface area contributed by atoms with Crippen LogP contribution >= 0.6 is 0 Å². The summed E-state index contributed by atoms with van der Waals surface area (Å²) in [6, 6.07) is 10.4. The maximum Gasteiger partial charge on any atom is 0.119 e. The van der Waals surface area contributed by atoms with Gasteiger partial charge >= 0.3 is 0 Å². The van der Waals surface area contributed by atoms with Gasteiger partial charge in [-0.15, -0.1) is 0 Å². The molecule has 0 aliphatic carbocycles. The molecule has 2 heteroatoms. The third-order valence-electron chi connectivity index (χ3n) is 1.75. The van der Waals surface area contributed by atoms with E-state index in [9.17, 15) is 0 Å². The van der Waals surface area contributed by atoms with Gasteiger partial charge in [-0.25, -0.2) is 0 Å². The van der Waals surface area contributed by atoms with E-state index in [-0.39, 0.29) is 6.61 Å². The van der Waals surface area contributed by atoms with Gasteiger partial charge in [0.15, 0.2) is 0 Å². The molecule has 13 heavy (non-hydrogen) atoms. The Labute approximate surface area is 79.2 Å². The van der Waals surface area contributed by atoms with Gasteiger partial charge in [0.1, 0.15) is 5.75 Å². The number of ether oxygens (including phenoxy) is 1. The fourth-order valence-corrected chi connectivity index (χ4v) is 1.05. The Bertz CT molecular complexity index is 209. The van der Waals surface area contributed by atoms with Gasteiger partial charge in [-0.05, 0) is 37.5 Å². The monoisotopic (exact) mass is 179 g/mol. The SMILES string of the molecule is OCCCCCOc1c[c]ccc1. The first-order chi connectivity index (χ1) is 6.43. The molecule has 0 atom stereocenters. The van der Waals surface area contributed by atoms with Crippen molar-refractivity contribution in [1.82, 2.24) is 0 Å². The average Bonchev–Trinajstić information content (AvgIpc) is 2.19. The molecule has 0 saturated heterocycles. The van der Waals surface area contributed by atoms with Crippen molar-refractivity contribution in [3.8, 4) is 5.75 Å². The highest BCUT2D eigenvalue weighted by molar-refractivity contribution is 5.19. The summed E-state index contributed by atoms with van der Waals surface area (Å²) in [4.78, 5) is 0. The van der Waals surface area contributed by atoms with Crippen molar-refractivity contribution >= 4 is 0 Å². The van der Waals surface area contributed by atoms with E-state index in [0.29, 0.717) is 0 Å². The molecule has 0 aliphatic heterocycles. The molecule has 1 aromatic carbocycles. The highest BCUT2D eigenvalue weighted by Gasteiger charge is 1.91. The topological polar surface area (TPSA) is 29.5 Å². The molecule has 0 heterocycles. The van der Waals surface area contributed by atoms with Gasteiger partial charge in [0.05, 0.1) is 6.61 Å². The zero-order valence-electron chi connectivity index (χ0n) is 7.70. The van der Waals surface area contributed by atoms with E-state index in [4.69, 9.17) is 9.84 Å². The molecule has 1 N–H and O–H groups in total. The van der Waals surface area contributed by atoms with Crippen LogP contribution in [0.25, 0.3) is 0 Å². The van der Waals surface area contributed by atoms with Gasteiger partial charge in [-0.2, -0.15) is 0 Å². The van der Waals surface area contributed by atoms with Crippen molar-refractivity contribution in [2.45, 2.75) is 19.3 Å². The Balaban J connectivity index is 2.07. The molecule has 2 nitrogen and oxygen atoms in total. The molecule has 1 radical (unpaired) electrons. The molecular formula is C11H15O2. The van der Waals surface area contributed by atoms with Crippen LogP contribution in [0.5, 0.6) is 5.75 Å². The third-order valence-corrected chi connectivity index (χ3v) is 1.75. The summed E-state index contributed by atoms with van der Waals surface area (Å²) in [5.41, 5.74) is 0. The second-order valence-corrected chi connectivity index (χ2v) is 2.87. The number of aliphatic hydroxyl groups excluding tert-OH is 1. The molecule has 1 rings (SSSR count).